The van der Waals surface area contributed by atoms with Crippen LogP contribution in [-0.4, -0.2) is 37.2 Å². The van der Waals surface area contributed by atoms with Gasteiger partial charge in [-0.1, -0.05) is 331 Å². The standard InChI is InChI=1S/C75H134O6/c1-4-7-10-13-16-19-22-25-28-31-33-35-36-37-38-39-40-41-43-44-47-50-53-56-59-62-65-68-74(77)80-71-72(70-79-73(76)67-64-61-58-55-52-49-46-30-27-24-21-18-15-12-9-6-3)81-75(78)69-66-63-60-57-54-51-48-45-42-34-32-29-26-23-20-17-14-11-8-5-2/h7,10,16,19,21,24-25,28,30,33,35,46,72H,4-6,8-9,11-15,17-18,20,22-23,26-27,29,31-32,34,36-45,47-71H2,1-3H3/b10-7-,19-16-,24-21-,28-25-,35-33-,46-30-. The minimum absolute atomic E-state index is 0.0758. The van der Waals surface area contributed by atoms with Gasteiger partial charge in [-0.3, -0.25) is 14.4 Å². The van der Waals surface area contributed by atoms with Crippen molar-refractivity contribution in [3.05, 3.63) is 72.9 Å². The lowest BCUT2D eigenvalue weighted by atomic mass is 10.0. The van der Waals surface area contributed by atoms with Crippen molar-refractivity contribution in [1.82, 2.24) is 0 Å². The van der Waals surface area contributed by atoms with Crippen molar-refractivity contribution >= 4 is 17.9 Å². The molecule has 0 aromatic carbocycles. The molecule has 0 aromatic heterocycles. The normalized spacial score (nSPS) is 12.5. The molecule has 470 valence electrons. The Morgan fingerprint density at radius 1 is 0.259 bits per heavy atom. The quantitative estimate of drug-likeness (QED) is 0.0261. The molecule has 0 fully saturated rings. The Morgan fingerprint density at radius 2 is 0.481 bits per heavy atom. The van der Waals surface area contributed by atoms with Gasteiger partial charge in [0.05, 0.1) is 0 Å². The van der Waals surface area contributed by atoms with Crippen molar-refractivity contribution in [3.63, 3.8) is 0 Å². The third-order valence-electron chi connectivity index (χ3n) is 15.7. The van der Waals surface area contributed by atoms with Crippen molar-refractivity contribution < 1.29 is 28.6 Å². The fraction of sp³-hybridized carbons (Fsp3) is 0.800. The molecule has 0 heterocycles. The molecule has 0 amide bonds. The molecule has 0 aliphatic rings. The fourth-order valence-corrected chi connectivity index (χ4v) is 10.4. The Morgan fingerprint density at radius 3 is 0.765 bits per heavy atom. The SMILES string of the molecule is CC/C=C\C/C=C\C/C=C\C/C=C\CCCCCCCCCCCCCCCCC(=O)OCC(COC(=O)CCCCCCC/C=C\C/C=C\CCCCCC)OC(=O)CCCCCCCCCCCCCCCCCCCCCC. The van der Waals surface area contributed by atoms with Crippen LogP contribution in [0.15, 0.2) is 72.9 Å². The van der Waals surface area contributed by atoms with Crippen LogP contribution in [-0.2, 0) is 28.6 Å². The highest BCUT2D eigenvalue weighted by Crippen LogP contribution is 2.18. The monoisotopic (exact) mass is 1130 g/mol. The molecule has 0 saturated heterocycles. The van der Waals surface area contributed by atoms with E-state index in [-0.39, 0.29) is 31.1 Å². The second-order valence-corrected chi connectivity index (χ2v) is 23.8. The van der Waals surface area contributed by atoms with E-state index < -0.39 is 6.10 Å². The van der Waals surface area contributed by atoms with Gasteiger partial charge in [0.2, 0.25) is 0 Å². The maximum atomic E-state index is 13.0. The van der Waals surface area contributed by atoms with E-state index in [9.17, 15) is 14.4 Å². The van der Waals surface area contributed by atoms with Gasteiger partial charge in [-0.2, -0.15) is 0 Å². The largest absolute Gasteiger partial charge is 0.462 e. The number of hydrogen-bond acceptors (Lipinski definition) is 6. The van der Waals surface area contributed by atoms with Crippen LogP contribution >= 0.6 is 0 Å². The highest BCUT2D eigenvalue weighted by Gasteiger charge is 2.19. The average molecular weight is 1130 g/mol. The number of hydrogen-bond donors (Lipinski definition) is 0. The first-order chi connectivity index (χ1) is 40.0. The van der Waals surface area contributed by atoms with E-state index in [1.807, 2.05) is 0 Å². The number of esters is 3. The van der Waals surface area contributed by atoms with Gasteiger partial charge in [-0.05, 0) is 89.9 Å². The predicted octanol–water partition coefficient (Wildman–Crippen LogP) is 24.4. The predicted molar refractivity (Wildman–Crippen MR) is 353 cm³/mol. The van der Waals surface area contributed by atoms with Gasteiger partial charge in [0.15, 0.2) is 6.10 Å². The summed E-state index contributed by atoms with van der Waals surface area (Å²) >= 11 is 0. The molecule has 1 unspecified atom stereocenters. The number of rotatable bonds is 65. The highest BCUT2D eigenvalue weighted by atomic mass is 16.6. The van der Waals surface area contributed by atoms with E-state index in [1.54, 1.807) is 0 Å². The van der Waals surface area contributed by atoms with Crippen LogP contribution in [0, 0.1) is 0 Å². The summed E-state index contributed by atoms with van der Waals surface area (Å²) in [5, 5.41) is 0. The summed E-state index contributed by atoms with van der Waals surface area (Å²) in [4.78, 5) is 38.5. The first-order valence-electron chi connectivity index (χ1n) is 35.4. The topological polar surface area (TPSA) is 78.9 Å². The lowest BCUT2D eigenvalue weighted by molar-refractivity contribution is -0.167. The van der Waals surface area contributed by atoms with Crippen molar-refractivity contribution in [3.8, 4) is 0 Å². The van der Waals surface area contributed by atoms with Gasteiger partial charge < -0.3 is 14.2 Å². The van der Waals surface area contributed by atoms with Crippen LogP contribution < -0.4 is 0 Å². The number of carbonyl (C=O) groups excluding carboxylic acids is 3. The smallest absolute Gasteiger partial charge is 0.306 e. The first kappa shape index (κ1) is 77.9. The van der Waals surface area contributed by atoms with E-state index in [1.165, 1.54) is 225 Å². The third kappa shape index (κ3) is 67.5. The molecule has 81 heavy (non-hydrogen) atoms. The summed E-state index contributed by atoms with van der Waals surface area (Å²) in [5.41, 5.74) is 0. The summed E-state index contributed by atoms with van der Waals surface area (Å²) in [6.07, 6.45) is 90.7. The summed E-state index contributed by atoms with van der Waals surface area (Å²) in [5.74, 6) is -0.866. The van der Waals surface area contributed by atoms with Crippen molar-refractivity contribution in [2.45, 2.75) is 374 Å². The molecule has 6 heteroatoms. The zero-order valence-corrected chi connectivity index (χ0v) is 54.1. The second kappa shape index (κ2) is 69.3. The summed E-state index contributed by atoms with van der Waals surface area (Å²) in [7, 11) is 0. The van der Waals surface area contributed by atoms with Gasteiger partial charge >= 0.3 is 17.9 Å². The molecule has 0 rings (SSSR count). The van der Waals surface area contributed by atoms with Gasteiger partial charge in [-0.25, -0.2) is 0 Å². The summed E-state index contributed by atoms with van der Waals surface area (Å²) in [6.45, 7) is 6.56. The Labute approximate surface area is 503 Å². The zero-order chi connectivity index (χ0) is 58.5. The van der Waals surface area contributed by atoms with Crippen LogP contribution in [0.25, 0.3) is 0 Å². The van der Waals surface area contributed by atoms with E-state index in [0.717, 1.165) is 103 Å². The first-order valence-corrected chi connectivity index (χ1v) is 35.4. The molecule has 0 spiro atoms. The number of ether oxygens (including phenoxy) is 3. The molecular weight excluding hydrogens is 997 g/mol. The van der Waals surface area contributed by atoms with E-state index in [4.69, 9.17) is 14.2 Å². The molecule has 0 aliphatic carbocycles. The fourth-order valence-electron chi connectivity index (χ4n) is 10.4. The van der Waals surface area contributed by atoms with Crippen LogP contribution in [0.1, 0.15) is 367 Å². The van der Waals surface area contributed by atoms with Crippen LogP contribution in [0.4, 0.5) is 0 Å². The molecule has 6 nitrogen and oxygen atoms in total. The van der Waals surface area contributed by atoms with Crippen molar-refractivity contribution in [1.29, 1.82) is 0 Å². The van der Waals surface area contributed by atoms with Crippen molar-refractivity contribution in [2.24, 2.45) is 0 Å². The minimum atomic E-state index is -0.781. The third-order valence-corrected chi connectivity index (χ3v) is 15.7. The summed E-state index contributed by atoms with van der Waals surface area (Å²) in [6, 6.07) is 0. The Kier molecular flexibility index (Phi) is 66.6. The zero-order valence-electron chi connectivity index (χ0n) is 54.1. The number of carbonyl (C=O) groups is 3. The minimum Gasteiger partial charge on any atom is -0.462 e. The van der Waals surface area contributed by atoms with Gasteiger partial charge in [0.25, 0.3) is 0 Å². The second-order valence-electron chi connectivity index (χ2n) is 23.8. The maximum Gasteiger partial charge on any atom is 0.306 e. The Hall–Kier alpha value is -3.15. The molecule has 0 N–H and O–H groups in total. The molecule has 0 aliphatic heterocycles. The van der Waals surface area contributed by atoms with E-state index in [2.05, 4.69) is 93.7 Å². The summed E-state index contributed by atoms with van der Waals surface area (Å²) < 4.78 is 17.0. The lowest BCUT2D eigenvalue weighted by Crippen LogP contribution is -2.30. The highest BCUT2D eigenvalue weighted by molar-refractivity contribution is 5.71. The average Bonchev–Trinajstić information content (AvgIpc) is 3.47. The Balaban J connectivity index is 4.29. The van der Waals surface area contributed by atoms with E-state index in [0.29, 0.717) is 19.3 Å². The van der Waals surface area contributed by atoms with Gasteiger partial charge in [-0.15, -0.1) is 0 Å². The molecule has 0 saturated carbocycles. The molecule has 0 aromatic rings. The van der Waals surface area contributed by atoms with Crippen LogP contribution in [0.3, 0.4) is 0 Å². The van der Waals surface area contributed by atoms with Crippen LogP contribution in [0.2, 0.25) is 0 Å². The van der Waals surface area contributed by atoms with Gasteiger partial charge in [0, 0.05) is 19.3 Å². The van der Waals surface area contributed by atoms with E-state index >= 15 is 0 Å². The maximum absolute atomic E-state index is 13.0. The molecule has 0 radical (unpaired) electrons. The Bertz CT molecular complexity index is 1490. The molecule has 0 bridgehead atoms. The number of unbranched alkanes of at least 4 members (excludes halogenated alkanes) is 42. The van der Waals surface area contributed by atoms with Crippen LogP contribution in [0.5, 0.6) is 0 Å². The van der Waals surface area contributed by atoms with Crippen molar-refractivity contribution in [2.75, 3.05) is 13.2 Å². The number of allylic oxidation sites excluding steroid dienone is 12. The lowest BCUT2D eigenvalue weighted by Gasteiger charge is -2.18. The van der Waals surface area contributed by atoms with Gasteiger partial charge in [0.1, 0.15) is 13.2 Å². The molecular formula is C75H134O6. The molecule has 1 atom stereocenters.